The SMILES string of the molecule is CC(C)(C)C=NCCCCCCN. The summed E-state index contributed by atoms with van der Waals surface area (Å²) in [5.41, 5.74) is 5.63. The maximum Gasteiger partial charge on any atom is 0.0385 e. The van der Waals surface area contributed by atoms with Crippen molar-refractivity contribution in [3.05, 3.63) is 0 Å². The maximum atomic E-state index is 5.40. The van der Waals surface area contributed by atoms with Crippen LogP contribution in [-0.4, -0.2) is 19.3 Å². The van der Waals surface area contributed by atoms with E-state index in [2.05, 4.69) is 32.0 Å². The molecular formula is C11H24N2. The van der Waals surface area contributed by atoms with Crippen LogP contribution in [0.15, 0.2) is 4.99 Å². The first kappa shape index (κ1) is 12.6. The predicted octanol–water partition coefficient (Wildman–Crippen LogP) is 2.62. The highest BCUT2D eigenvalue weighted by molar-refractivity contribution is 5.63. The maximum absolute atomic E-state index is 5.40. The van der Waals surface area contributed by atoms with Gasteiger partial charge in [0.05, 0.1) is 0 Å². The van der Waals surface area contributed by atoms with E-state index in [4.69, 9.17) is 5.73 Å². The standard InChI is InChI=1S/C11H24N2/c1-11(2,3)10-13-9-7-5-4-6-8-12/h10H,4-9,12H2,1-3H3. The Balaban J connectivity index is 3.21. The third-order valence-corrected chi connectivity index (χ3v) is 1.72. The van der Waals surface area contributed by atoms with Gasteiger partial charge in [-0.2, -0.15) is 0 Å². The number of nitrogens with zero attached hydrogens (tertiary/aromatic N) is 1. The van der Waals surface area contributed by atoms with Gasteiger partial charge in [-0.1, -0.05) is 33.6 Å². The molecule has 0 aliphatic carbocycles. The van der Waals surface area contributed by atoms with Crippen LogP contribution in [0, 0.1) is 5.41 Å². The average molecular weight is 184 g/mol. The third kappa shape index (κ3) is 11.6. The van der Waals surface area contributed by atoms with Gasteiger partial charge in [-0.3, -0.25) is 4.99 Å². The molecule has 0 fully saturated rings. The van der Waals surface area contributed by atoms with Crippen LogP contribution < -0.4 is 5.73 Å². The molecule has 0 aliphatic heterocycles. The molecule has 0 radical (unpaired) electrons. The lowest BCUT2D eigenvalue weighted by atomic mass is 9.99. The fourth-order valence-corrected chi connectivity index (χ4v) is 1.04. The van der Waals surface area contributed by atoms with Crippen molar-refractivity contribution in [2.24, 2.45) is 16.1 Å². The summed E-state index contributed by atoms with van der Waals surface area (Å²) in [5.74, 6) is 0. The molecule has 2 nitrogen and oxygen atoms in total. The minimum Gasteiger partial charge on any atom is -0.330 e. The molecule has 0 aromatic carbocycles. The van der Waals surface area contributed by atoms with Crippen LogP contribution in [0.1, 0.15) is 46.5 Å². The molecular weight excluding hydrogens is 160 g/mol. The monoisotopic (exact) mass is 184 g/mol. The zero-order valence-corrected chi connectivity index (χ0v) is 9.34. The van der Waals surface area contributed by atoms with Crippen molar-refractivity contribution in [3.63, 3.8) is 0 Å². The van der Waals surface area contributed by atoms with Gasteiger partial charge in [0.2, 0.25) is 0 Å². The van der Waals surface area contributed by atoms with Crippen LogP contribution in [0.4, 0.5) is 0 Å². The molecule has 0 amide bonds. The van der Waals surface area contributed by atoms with Crippen LogP contribution >= 0.6 is 0 Å². The van der Waals surface area contributed by atoms with Gasteiger partial charge >= 0.3 is 0 Å². The molecule has 13 heavy (non-hydrogen) atoms. The molecule has 78 valence electrons. The van der Waals surface area contributed by atoms with E-state index in [1.165, 1.54) is 19.3 Å². The molecule has 0 rings (SSSR count). The van der Waals surface area contributed by atoms with E-state index in [9.17, 15) is 0 Å². The Bertz CT molecular complexity index is 134. The fourth-order valence-electron chi connectivity index (χ4n) is 1.04. The number of rotatable bonds is 6. The van der Waals surface area contributed by atoms with Gasteiger partial charge in [-0.15, -0.1) is 0 Å². The van der Waals surface area contributed by atoms with Crippen LogP contribution in [0.2, 0.25) is 0 Å². The zero-order chi connectivity index (χ0) is 10.2. The summed E-state index contributed by atoms with van der Waals surface area (Å²) in [6.07, 6.45) is 6.92. The molecule has 0 spiro atoms. The number of hydrogen-bond donors (Lipinski definition) is 1. The Morgan fingerprint density at radius 1 is 1.08 bits per heavy atom. The molecule has 2 heteroatoms. The Hall–Kier alpha value is -0.370. The van der Waals surface area contributed by atoms with E-state index in [-0.39, 0.29) is 5.41 Å². The molecule has 0 atom stereocenters. The highest BCUT2D eigenvalue weighted by Gasteiger charge is 2.03. The highest BCUT2D eigenvalue weighted by atomic mass is 14.7. The summed E-state index contributed by atoms with van der Waals surface area (Å²) in [6, 6.07) is 0. The highest BCUT2D eigenvalue weighted by Crippen LogP contribution is 2.08. The third-order valence-electron chi connectivity index (χ3n) is 1.72. The van der Waals surface area contributed by atoms with E-state index in [0.29, 0.717) is 0 Å². The van der Waals surface area contributed by atoms with Gasteiger partial charge in [-0.05, 0) is 24.8 Å². The van der Waals surface area contributed by atoms with E-state index >= 15 is 0 Å². The molecule has 0 saturated heterocycles. The fraction of sp³-hybridized carbons (Fsp3) is 0.909. The zero-order valence-electron chi connectivity index (χ0n) is 9.34. The molecule has 0 saturated carbocycles. The molecule has 0 aromatic rings. The second-order valence-corrected chi connectivity index (χ2v) is 4.60. The number of aliphatic imine (C=N–C) groups is 1. The normalized spacial score (nSPS) is 12.6. The molecule has 0 aromatic heterocycles. The predicted molar refractivity (Wildman–Crippen MR) is 60.3 cm³/mol. The van der Waals surface area contributed by atoms with Gasteiger partial charge in [0.25, 0.3) is 0 Å². The lowest BCUT2D eigenvalue weighted by molar-refractivity contribution is 0.599. The van der Waals surface area contributed by atoms with Gasteiger partial charge in [0.1, 0.15) is 0 Å². The topological polar surface area (TPSA) is 38.4 Å². The Labute approximate surface area is 82.6 Å². The second kappa shape index (κ2) is 7.07. The van der Waals surface area contributed by atoms with Gasteiger partial charge in [-0.25, -0.2) is 0 Å². The van der Waals surface area contributed by atoms with Gasteiger partial charge in [0.15, 0.2) is 0 Å². The number of hydrogen-bond acceptors (Lipinski definition) is 2. The molecule has 0 unspecified atom stereocenters. The van der Waals surface area contributed by atoms with Gasteiger partial charge < -0.3 is 5.73 Å². The van der Waals surface area contributed by atoms with Crippen LogP contribution in [0.3, 0.4) is 0 Å². The Morgan fingerprint density at radius 3 is 2.23 bits per heavy atom. The van der Waals surface area contributed by atoms with Crippen molar-refractivity contribution in [1.29, 1.82) is 0 Å². The largest absolute Gasteiger partial charge is 0.330 e. The summed E-state index contributed by atoms with van der Waals surface area (Å²) >= 11 is 0. The van der Waals surface area contributed by atoms with Crippen molar-refractivity contribution in [2.45, 2.75) is 46.5 Å². The summed E-state index contributed by atoms with van der Waals surface area (Å²) in [5, 5.41) is 0. The second-order valence-electron chi connectivity index (χ2n) is 4.60. The van der Waals surface area contributed by atoms with Crippen molar-refractivity contribution in [3.8, 4) is 0 Å². The first-order valence-corrected chi connectivity index (χ1v) is 5.27. The molecule has 2 N–H and O–H groups in total. The van der Waals surface area contributed by atoms with Crippen molar-refractivity contribution >= 4 is 6.21 Å². The Kier molecular flexibility index (Phi) is 6.87. The number of unbranched alkanes of at least 4 members (excludes halogenated alkanes) is 3. The average Bonchev–Trinajstić information content (AvgIpc) is 2.01. The first-order valence-electron chi connectivity index (χ1n) is 5.27. The van der Waals surface area contributed by atoms with E-state index in [1.54, 1.807) is 0 Å². The van der Waals surface area contributed by atoms with E-state index in [0.717, 1.165) is 19.5 Å². The lowest BCUT2D eigenvalue weighted by Gasteiger charge is -2.09. The van der Waals surface area contributed by atoms with Crippen LogP contribution in [0.5, 0.6) is 0 Å². The van der Waals surface area contributed by atoms with E-state index in [1.807, 2.05) is 0 Å². The van der Waals surface area contributed by atoms with Crippen LogP contribution in [0.25, 0.3) is 0 Å². The van der Waals surface area contributed by atoms with Crippen molar-refractivity contribution in [2.75, 3.05) is 13.1 Å². The quantitative estimate of drug-likeness (QED) is 0.500. The van der Waals surface area contributed by atoms with Crippen molar-refractivity contribution in [1.82, 2.24) is 0 Å². The first-order chi connectivity index (χ1) is 6.06. The summed E-state index contributed by atoms with van der Waals surface area (Å²) in [4.78, 5) is 4.38. The minimum atomic E-state index is 0.233. The number of nitrogens with two attached hydrogens (primary N) is 1. The van der Waals surface area contributed by atoms with Gasteiger partial charge in [0, 0.05) is 12.8 Å². The van der Waals surface area contributed by atoms with Crippen molar-refractivity contribution < 1.29 is 0 Å². The summed E-state index contributed by atoms with van der Waals surface area (Å²) in [6.45, 7) is 8.31. The minimum absolute atomic E-state index is 0.233. The molecule has 0 heterocycles. The lowest BCUT2D eigenvalue weighted by Crippen LogP contribution is -2.06. The Morgan fingerprint density at radius 2 is 1.69 bits per heavy atom. The summed E-state index contributed by atoms with van der Waals surface area (Å²) in [7, 11) is 0. The van der Waals surface area contributed by atoms with Crippen LogP contribution in [-0.2, 0) is 0 Å². The molecule has 0 aliphatic rings. The molecule has 0 bridgehead atoms. The summed E-state index contributed by atoms with van der Waals surface area (Å²) < 4.78 is 0. The van der Waals surface area contributed by atoms with E-state index < -0.39 is 0 Å². The smallest absolute Gasteiger partial charge is 0.0385 e.